The molecular weight excluding hydrogens is 304 g/mol. The predicted molar refractivity (Wildman–Crippen MR) is 97.4 cm³/mol. The topological polar surface area (TPSA) is 64.7 Å². The van der Waals surface area contributed by atoms with Crippen LogP contribution in [0.5, 0.6) is 0 Å². The minimum absolute atomic E-state index is 0.0384. The molecule has 1 heterocycles. The molecule has 0 radical (unpaired) electrons. The van der Waals surface area contributed by atoms with Crippen molar-refractivity contribution in [2.24, 2.45) is 5.92 Å². The molecule has 1 aromatic carbocycles. The Balaban J connectivity index is 1.83. The maximum Gasteiger partial charge on any atom is 0.317 e. The molecule has 24 heavy (non-hydrogen) atoms. The van der Waals surface area contributed by atoms with Crippen LogP contribution in [0.2, 0.25) is 0 Å². The Kier molecular flexibility index (Phi) is 6.06. The summed E-state index contributed by atoms with van der Waals surface area (Å²) in [7, 11) is 3.97. The van der Waals surface area contributed by atoms with E-state index in [0.717, 1.165) is 11.4 Å². The monoisotopic (exact) mass is 332 g/mol. The summed E-state index contributed by atoms with van der Waals surface area (Å²) < 4.78 is 0. The zero-order valence-corrected chi connectivity index (χ0v) is 15.0. The number of amides is 3. The van der Waals surface area contributed by atoms with Crippen molar-refractivity contribution in [2.45, 2.75) is 32.7 Å². The van der Waals surface area contributed by atoms with Crippen LogP contribution in [0.15, 0.2) is 24.3 Å². The number of nitrogens with one attached hydrogen (secondary N) is 2. The maximum absolute atomic E-state index is 12.4. The van der Waals surface area contributed by atoms with Gasteiger partial charge in [0.05, 0.1) is 0 Å². The molecule has 0 spiro atoms. The first-order chi connectivity index (χ1) is 11.4. The first kappa shape index (κ1) is 18.1. The molecule has 6 nitrogen and oxygen atoms in total. The van der Waals surface area contributed by atoms with Crippen molar-refractivity contribution in [2.75, 3.05) is 37.4 Å². The van der Waals surface area contributed by atoms with Gasteiger partial charge in [-0.3, -0.25) is 4.79 Å². The Morgan fingerprint density at radius 3 is 2.21 bits per heavy atom. The van der Waals surface area contributed by atoms with Crippen molar-refractivity contribution in [3.05, 3.63) is 24.3 Å². The predicted octanol–water partition coefficient (Wildman–Crippen LogP) is 2.52. The number of benzene rings is 1. The fourth-order valence-corrected chi connectivity index (χ4v) is 2.77. The van der Waals surface area contributed by atoms with Gasteiger partial charge in [0, 0.05) is 50.5 Å². The molecule has 0 saturated carbocycles. The number of carbonyl (C=O) groups excluding carboxylic acids is 2. The van der Waals surface area contributed by atoms with E-state index in [2.05, 4.69) is 10.6 Å². The zero-order chi connectivity index (χ0) is 17.7. The van der Waals surface area contributed by atoms with Crippen molar-refractivity contribution in [1.29, 1.82) is 0 Å². The quantitative estimate of drug-likeness (QED) is 0.890. The molecule has 2 N–H and O–H groups in total. The summed E-state index contributed by atoms with van der Waals surface area (Å²) in [4.78, 5) is 28.2. The molecule has 0 atom stereocenters. The van der Waals surface area contributed by atoms with Gasteiger partial charge in [-0.25, -0.2) is 4.79 Å². The van der Waals surface area contributed by atoms with Crippen LogP contribution in [-0.2, 0) is 4.79 Å². The summed E-state index contributed by atoms with van der Waals surface area (Å²) in [6.07, 6.45) is 1.40. The van der Waals surface area contributed by atoms with Crippen LogP contribution >= 0.6 is 0 Å². The summed E-state index contributed by atoms with van der Waals surface area (Å²) in [5.41, 5.74) is 1.91. The lowest BCUT2D eigenvalue weighted by atomic mass is 9.96. The van der Waals surface area contributed by atoms with E-state index in [0.29, 0.717) is 25.9 Å². The average molecular weight is 332 g/mol. The third kappa shape index (κ3) is 4.88. The van der Waals surface area contributed by atoms with Crippen LogP contribution < -0.4 is 15.5 Å². The highest BCUT2D eigenvalue weighted by Crippen LogP contribution is 2.21. The standard InChI is InChI=1S/C18H28N4O2/c1-13(2)19-18(24)22-11-9-14(10-12-22)17(23)20-15-5-7-16(8-6-15)21(3)4/h5-8,13-14H,9-12H2,1-4H3,(H,19,24)(H,20,23). The van der Waals surface area contributed by atoms with E-state index in [4.69, 9.17) is 0 Å². The molecule has 1 fully saturated rings. The minimum atomic E-state index is -0.0402. The Bertz CT molecular complexity index is 561. The molecule has 0 aliphatic carbocycles. The molecule has 1 aromatic rings. The SMILES string of the molecule is CC(C)NC(=O)N1CCC(C(=O)Nc2ccc(N(C)C)cc2)CC1. The molecule has 1 saturated heterocycles. The fourth-order valence-electron chi connectivity index (χ4n) is 2.77. The number of piperidine rings is 1. The van der Waals surface area contributed by atoms with Gasteiger partial charge < -0.3 is 20.4 Å². The number of nitrogens with zero attached hydrogens (tertiary/aromatic N) is 2. The minimum Gasteiger partial charge on any atom is -0.378 e. The molecule has 1 aliphatic rings. The molecule has 3 amide bonds. The lowest BCUT2D eigenvalue weighted by Crippen LogP contribution is -2.47. The van der Waals surface area contributed by atoms with Crippen molar-refractivity contribution in [3.63, 3.8) is 0 Å². The number of carbonyl (C=O) groups is 2. The van der Waals surface area contributed by atoms with Crippen molar-refractivity contribution < 1.29 is 9.59 Å². The van der Waals surface area contributed by atoms with Gasteiger partial charge in [0.1, 0.15) is 0 Å². The maximum atomic E-state index is 12.4. The third-order valence-electron chi connectivity index (χ3n) is 4.22. The van der Waals surface area contributed by atoms with Crippen molar-refractivity contribution >= 4 is 23.3 Å². The Hall–Kier alpha value is -2.24. The summed E-state index contributed by atoms with van der Waals surface area (Å²) in [6.45, 7) is 5.13. The molecule has 1 aliphatic heterocycles. The Morgan fingerprint density at radius 1 is 1.12 bits per heavy atom. The second-order valence-corrected chi connectivity index (χ2v) is 6.80. The molecule has 0 aromatic heterocycles. The lowest BCUT2D eigenvalue weighted by molar-refractivity contribution is -0.121. The molecule has 6 heteroatoms. The average Bonchev–Trinajstić information content (AvgIpc) is 2.54. The van der Waals surface area contributed by atoms with Gasteiger partial charge in [0.2, 0.25) is 5.91 Å². The van der Waals surface area contributed by atoms with E-state index in [-0.39, 0.29) is 23.9 Å². The van der Waals surface area contributed by atoms with Gasteiger partial charge in [-0.05, 0) is 51.0 Å². The summed E-state index contributed by atoms with van der Waals surface area (Å²) in [5.74, 6) is -0.00172. The van der Waals surface area contributed by atoms with E-state index in [1.54, 1.807) is 4.90 Å². The highest BCUT2D eigenvalue weighted by atomic mass is 16.2. The van der Waals surface area contributed by atoms with Gasteiger partial charge in [-0.2, -0.15) is 0 Å². The van der Waals surface area contributed by atoms with Crippen LogP contribution in [0.3, 0.4) is 0 Å². The van der Waals surface area contributed by atoms with E-state index < -0.39 is 0 Å². The smallest absolute Gasteiger partial charge is 0.317 e. The Morgan fingerprint density at radius 2 is 1.71 bits per heavy atom. The largest absolute Gasteiger partial charge is 0.378 e. The van der Waals surface area contributed by atoms with Gasteiger partial charge in [0.15, 0.2) is 0 Å². The van der Waals surface area contributed by atoms with E-state index in [1.165, 1.54) is 0 Å². The second kappa shape index (κ2) is 8.04. The van der Waals surface area contributed by atoms with E-state index >= 15 is 0 Å². The number of urea groups is 1. The van der Waals surface area contributed by atoms with Crippen LogP contribution in [-0.4, -0.2) is 50.1 Å². The number of hydrogen-bond donors (Lipinski definition) is 2. The van der Waals surface area contributed by atoms with Crippen LogP contribution in [0, 0.1) is 5.92 Å². The zero-order valence-electron chi connectivity index (χ0n) is 15.0. The number of hydrogen-bond acceptors (Lipinski definition) is 3. The summed E-state index contributed by atoms with van der Waals surface area (Å²) in [6, 6.07) is 7.88. The summed E-state index contributed by atoms with van der Waals surface area (Å²) in [5, 5.41) is 5.87. The van der Waals surface area contributed by atoms with Crippen molar-refractivity contribution in [3.8, 4) is 0 Å². The van der Waals surface area contributed by atoms with Gasteiger partial charge >= 0.3 is 6.03 Å². The normalized spacial score (nSPS) is 15.3. The first-order valence-electron chi connectivity index (χ1n) is 8.50. The number of likely N-dealkylation sites (tertiary alicyclic amines) is 1. The molecular formula is C18H28N4O2. The molecule has 2 rings (SSSR count). The Labute approximate surface area is 144 Å². The number of anilines is 2. The second-order valence-electron chi connectivity index (χ2n) is 6.80. The van der Waals surface area contributed by atoms with Gasteiger partial charge in [-0.15, -0.1) is 0 Å². The highest BCUT2D eigenvalue weighted by molar-refractivity contribution is 5.93. The van der Waals surface area contributed by atoms with E-state index in [1.807, 2.05) is 57.1 Å². The van der Waals surface area contributed by atoms with E-state index in [9.17, 15) is 9.59 Å². The number of rotatable bonds is 4. The molecule has 0 bridgehead atoms. The van der Waals surface area contributed by atoms with Crippen LogP contribution in [0.25, 0.3) is 0 Å². The van der Waals surface area contributed by atoms with Gasteiger partial charge in [0.25, 0.3) is 0 Å². The third-order valence-corrected chi connectivity index (χ3v) is 4.22. The van der Waals surface area contributed by atoms with Gasteiger partial charge in [-0.1, -0.05) is 0 Å². The fraction of sp³-hybridized carbons (Fsp3) is 0.556. The van der Waals surface area contributed by atoms with Crippen LogP contribution in [0.4, 0.5) is 16.2 Å². The van der Waals surface area contributed by atoms with Crippen LogP contribution in [0.1, 0.15) is 26.7 Å². The molecule has 0 unspecified atom stereocenters. The lowest BCUT2D eigenvalue weighted by Gasteiger charge is -2.32. The summed E-state index contributed by atoms with van der Waals surface area (Å²) >= 11 is 0. The molecule has 132 valence electrons. The highest BCUT2D eigenvalue weighted by Gasteiger charge is 2.27. The van der Waals surface area contributed by atoms with Crippen molar-refractivity contribution in [1.82, 2.24) is 10.2 Å². The first-order valence-corrected chi connectivity index (χ1v) is 8.50.